The second-order valence-electron chi connectivity index (χ2n) is 4.06. The van der Waals surface area contributed by atoms with E-state index in [1.165, 1.54) is 6.07 Å². The number of aryl methyl sites for hydroxylation is 1. The number of hydrogen-bond acceptors (Lipinski definition) is 3. The lowest BCUT2D eigenvalue weighted by molar-refractivity contribution is 0.483. The minimum absolute atomic E-state index is 0.0523. The van der Waals surface area contributed by atoms with Crippen LogP contribution in [0.5, 0.6) is 0 Å². The van der Waals surface area contributed by atoms with E-state index >= 15 is 0 Å². The van der Waals surface area contributed by atoms with Gasteiger partial charge in [0, 0.05) is 0 Å². The van der Waals surface area contributed by atoms with Crippen LogP contribution in [0, 0.1) is 0 Å². The van der Waals surface area contributed by atoms with Crippen molar-refractivity contribution in [1.82, 2.24) is 0 Å². The van der Waals surface area contributed by atoms with Gasteiger partial charge in [-0.25, -0.2) is 0 Å². The minimum Gasteiger partial charge on any atom is -0.282 e. The highest BCUT2D eigenvalue weighted by Gasteiger charge is 2.13. The average molecular weight is 282 g/mol. The van der Waals surface area contributed by atoms with E-state index in [0.717, 1.165) is 29.5 Å². The van der Waals surface area contributed by atoms with Crippen molar-refractivity contribution in [3.63, 3.8) is 0 Å². The third kappa shape index (κ3) is 2.80. The first-order valence-corrected chi connectivity index (χ1v) is 8.03. The number of benzene rings is 1. The minimum atomic E-state index is -4.14. The standard InChI is InChI=1S/C13H14O3S2/c1-2-3-10-4-5-12(18(14,15)16)8-13(10)11-6-7-17-9-11/h4-9H,2-3H2,1H3,(H,14,15,16). The van der Waals surface area contributed by atoms with Gasteiger partial charge in [0.05, 0.1) is 4.90 Å². The van der Waals surface area contributed by atoms with Gasteiger partial charge in [-0.1, -0.05) is 19.4 Å². The van der Waals surface area contributed by atoms with Crippen LogP contribution < -0.4 is 0 Å². The summed E-state index contributed by atoms with van der Waals surface area (Å²) in [6.45, 7) is 2.08. The fourth-order valence-electron chi connectivity index (χ4n) is 1.89. The van der Waals surface area contributed by atoms with Crippen LogP contribution in [0.1, 0.15) is 18.9 Å². The molecule has 2 aromatic rings. The van der Waals surface area contributed by atoms with Gasteiger partial charge in [-0.3, -0.25) is 4.55 Å². The van der Waals surface area contributed by atoms with Crippen molar-refractivity contribution in [1.29, 1.82) is 0 Å². The summed E-state index contributed by atoms with van der Waals surface area (Å²) in [6.07, 6.45) is 1.87. The highest BCUT2D eigenvalue weighted by molar-refractivity contribution is 7.85. The molecule has 0 unspecified atom stereocenters. The molecule has 0 radical (unpaired) electrons. The predicted octanol–water partition coefficient (Wildman–Crippen LogP) is 3.61. The molecule has 0 aliphatic rings. The summed E-state index contributed by atoms with van der Waals surface area (Å²) in [5, 5.41) is 3.92. The first kappa shape index (κ1) is 13.3. The van der Waals surface area contributed by atoms with Crippen LogP contribution in [0.4, 0.5) is 0 Å². The Balaban J connectivity index is 2.59. The van der Waals surface area contributed by atoms with Crippen molar-refractivity contribution in [3.05, 3.63) is 40.6 Å². The molecule has 0 fully saturated rings. The summed E-state index contributed by atoms with van der Waals surface area (Å²) < 4.78 is 31.5. The number of thiophene rings is 1. The predicted molar refractivity (Wildman–Crippen MR) is 73.6 cm³/mol. The maximum atomic E-state index is 11.2. The molecular formula is C13H14O3S2. The Hall–Kier alpha value is -1.17. The van der Waals surface area contributed by atoms with Crippen molar-refractivity contribution in [3.8, 4) is 11.1 Å². The van der Waals surface area contributed by atoms with Gasteiger partial charge >= 0.3 is 0 Å². The zero-order chi connectivity index (χ0) is 13.2. The normalized spacial score (nSPS) is 11.7. The molecule has 0 spiro atoms. The van der Waals surface area contributed by atoms with E-state index in [1.807, 2.05) is 16.8 Å². The molecule has 0 aliphatic heterocycles. The van der Waals surface area contributed by atoms with Crippen LogP contribution >= 0.6 is 11.3 Å². The lowest BCUT2D eigenvalue weighted by Crippen LogP contribution is -2.00. The maximum Gasteiger partial charge on any atom is 0.294 e. The van der Waals surface area contributed by atoms with Gasteiger partial charge in [0.1, 0.15) is 0 Å². The SMILES string of the molecule is CCCc1ccc(S(=O)(=O)O)cc1-c1ccsc1. The van der Waals surface area contributed by atoms with E-state index < -0.39 is 10.1 Å². The Labute approximate surface area is 111 Å². The molecular weight excluding hydrogens is 268 g/mol. The molecule has 0 atom stereocenters. The number of hydrogen-bond donors (Lipinski definition) is 1. The summed E-state index contributed by atoms with van der Waals surface area (Å²) in [4.78, 5) is -0.0523. The van der Waals surface area contributed by atoms with E-state index in [9.17, 15) is 8.42 Å². The molecule has 1 aromatic heterocycles. The van der Waals surface area contributed by atoms with Gasteiger partial charge in [-0.2, -0.15) is 19.8 Å². The van der Waals surface area contributed by atoms with Crippen LogP contribution in [0.15, 0.2) is 39.9 Å². The van der Waals surface area contributed by atoms with Crippen LogP contribution in [0.3, 0.4) is 0 Å². The zero-order valence-electron chi connectivity index (χ0n) is 9.96. The molecule has 96 valence electrons. The Morgan fingerprint density at radius 3 is 2.61 bits per heavy atom. The number of rotatable bonds is 4. The van der Waals surface area contributed by atoms with Gasteiger partial charge in [0.25, 0.3) is 10.1 Å². The largest absolute Gasteiger partial charge is 0.294 e. The van der Waals surface area contributed by atoms with E-state index in [0.29, 0.717) is 0 Å². The summed E-state index contributed by atoms with van der Waals surface area (Å²) in [5.41, 5.74) is 2.98. The van der Waals surface area contributed by atoms with E-state index in [2.05, 4.69) is 6.92 Å². The van der Waals surface area contributed by atoms with Gasteiger partial charge in [-0.15, -0.1) is 0 Å². The van der Waals surface area contributed by atoms with Gasteiger partial charge in [0.2, 0.25) is 0 Å². The van der Waals surface area contributed by atoms with Gasteiger partial charge in [0.15, 0.2) is 0 Å². The average Bonchev–Trinajstić information content (AvgIpc) is 2.82. The second kappa shape index (κ2) is 5.22. The lowest BCUT2D eigenvalue weighted by Gasteiger charge is -2.09. The molecule has 3 nitrogen and oxygen atoms in total. The maximum absolute atomic E-state index is 11.2. The van der Waals surface area contributed by atoms with Crippen molar-refractivity contribution in [2.45, 2.75) is 24.7 Å². The van der Waals surface area contributed by atoms with Crippen molar-refractivity contribution >= 4 is 21.5 Å². The first-order valence-electron chi connectivity index (χ1n) is 5.65. The molecule has 1 aromatic carbocycles. The van der Waals surface area contributed by atoms with Crippen molar-refractivity contribution < 1.29 is 13.0 Å². The molecule has 0 aliphatic carbocycles. The summed E-state index contributed by atoms with van der Waals surface area (Å²) in [6, 6.07) is 6.73. The van der Waals surface area contributed by atoms with E-state index in [1.54, 1.807) is 23.5 Å². The van der Waals surface area contributed by atoms with Crippen molar-refractivity contribution in [2.24, 2.45) is 0 Å². The molecule has 0 saturated carbocycles. The van der Waals surface area contributed by atoms with Crippen molar-refractivity contribution in [2.75, 3.05) is 0 Å². The van der Waals surface area contributed by atoms with Crippen LogP contribution in [0.2, 0.25) is 0 Å². The molecule has 0 amide bonds. The summed E-state index contributed by atoms with van der Waals surface area (Å²) in [7, 11) is -4.14. The fraction of sp³-hybridized carbons (Fsp3) is 0.231. The Morgan fingerprint density at radius 1 is 1.28 bits per heavy atom. The monoisotopic (exact) mass is 282 g/mol. The first-order chi connectivity index (χ1) is 8.52. The fourth-order valence-corrected chi connectivity index (χ4v) is 3.05. The third-order valence-electron chi connectivity index (χ3n) is 2.73. The molecule has 18 heavy (non-hydrogen) atoms. The van der Waals surface area contributed by atoms with E-state index in [-0.39, 0.29) is 4.90 Å². The quantitative estimate of drug-likeness (QED) is 0.871. The summed E-state index contributed by atoms with van der Waals surface area (Å²) >= 11 is 1.56. The molecule has 0 bridgehead atoms. The molecule has 2 rings (SSSR count). The summed E-state index contributed by atoms with van der Waals surface area (Å²) in [5.74, 6) is 0. The Morgan fingerprint density at radius 2 is 2.06 bits per heavy atom. The van der Waals surface area contributed by atoms with Gasteiger partial charge in [-0.05, 0) is 52.1 Å². The second-order valence-corrected chi connectivity index (χ2v) is 6.26. The Kier molecular flexibility index (Phi) is 3.85. The highest BCUT2D eigenvalue weighted by atomic mass is 32.2. The topological polar surface area (TPSA) is 54.4 Å². The molecule has 0 saturated heterocycles. The van der Waals surface area contributed by atoms with Gasteiger partial charge < -0.3 is 0 Å². The molecule has 5 heteroatoms. The third-order valence-corrected chi connectivity index (χ3v) is 4.26. The van der Waals surface area contributed by atoms with Crippen LogP contribution in [0.25, 0.3) is 11.1 Å². The zero-order valence-corrected chi connectivity index (χ0v) is 11.6. The molecule has 1 N–H and O–H groups in total. The van der Waals surface area contributed by atoms with E-state index in [4.69, 9.17) is 4.55 Å². The molecule has 1 heterocycles. The Bertz CT molecular complexity index is 628. The smallest absolute Gasteiger partial charge is 0.282 e. The lowest BCUT2D eigenvalue weighted by atomic mass is 9.99. The highest BCUT2D eigenvalue weighted by Crippen LogP contribution is 2.29. The van der Waals surface area contributed by atoms with Crippen LogP contribution in [-0.4, -0.2) is 13.0 Å². The van der Waals surface area contributed by atoms with Crippen LogP contribution in [-0.2, 0) is 16.5 Å².